The van der Waals surface area contributed by atoms with Gasteiger partial charge in [-0.3, -0.25) is 9.59 Å². The first kappa shape index (κ1) is 12.9. The molecule has 0 saturated carbocycles. The molecule has 0 radical (unpaired) electrons. The largest absolute Gasteiger partial charge is 0.329 e. The van der Waals surface area contributed by atoms with E-state index >= 15 is 0 Å². The molecule has 2 aromatic rings. The van der Waals surface area contributed by atoms with E-state index in [0.717, 1.165) is 27.8 Å². The fourth-order valence-corrected chi connectivity index (χ4v) is 2.87. The van der Waals surface area contributed by atoms with Gasteiger partial charge in [0.1, 0.15) is 12.8 Å². The van der Waals surface area contributed by atoms with Crippen molar-refractivity contribution in [2.75, 3.05) is 16.8 Å². The first-order chi connectivity index (χ1) is 9.69. The Morgan fingerprint density at radius 3 is 2.70 bits per heavy atom. The third kappa shape index (κ3) is 2.20. The lowest BCUT2D eigenvalue weighted by Gasteiger charge is -2.31. The second-order valence-electron chi connectivity index (χ2n) is 4.48. The van der Waals surface area contributed by atoms with Crippen molar-refractivity contribution in [3.8, 4) is 0 Å². The summed E-state index contributed by atoms with van der Waals surface area (Å²) >= 11 is 3.46. The zero-order chi connectivity index (χ0) is 14.1. The standard InChI is InChI=1S/C15H11BrN2O2/c16-11-7-10(9-19)5-6-13(11)18-8-15(20)17-12-3-1-2-4-14(12)18/h1-7,9H,8H2,(H,17,20). The van der Waals surface area contributed by atoms with Crippen molar-refractivity contribution in [1.29, 1.82) is 0 Å². The van der Waals surface area contributed by atoms with Crippen molar-refractivity contribution in [1.82, 2.24) is 0 Å². The van der Waals surface area contributed by atoms with Gasteiger partial charge in [0.25, 0.3) is 0 Å². The number of amides is 1. The van der Waals surface area contributed by atoms with Crippen LogP contribution in [0, 0.1) is 0 Å². The van der Waals surface area contributed by atoms with Crippen LogP contribution >= 0.6 is 15.9 Å². The van der Waals surface area contributed by atoms with E-state index in [0.29, 0.717) is 5.56 Å². The van der Waals surface area contributed by atoms with E-state index < -0.39 is 0 Å². The quantitative estimate of drug-likeness (QED) is 0.859. The van der Waals surface area contributed by atoms with Gasteiger partial charge in [0.2, 0.25) is 5.91 Å². The highest BCUT2D eigenvalue weighted by Gasteiger charge is 2.24. The van der Waals surface area contributed by atoms with Crippen molar-refractivity contribution in [3.05, 3.63) is 52.5 Å². The van der Waals surface area contributed by atoms with Gasteiger partial charge < -0.3 is 10.2 Å². The second kappa shape index (κ2) is 5.09. The molecule has 0 saturated heterocycles. The molecule has 0 aliphatic carbocycles. The molecule has 100 valence electrons. The van der Waals surface area contributed by atoms with Crippen LogP contribution < -0.4 is 10.2 Å². The Bertz CT molecular complexity index is 700. The van der Waals surface area contributed by atoms with Crippen molar-refractivity contribution in [2.24, 2.45) is 0 Å². The first-order valence-electron chi connectivity index (χ1n) is 6.10. The highest BCUT2D eigenvalue weighted by atomic mass is 79.9. The minimum absolute atomic E-state index is 0.0601. The van der Waals surface area contributed by atoms with Gasteiger partial charge >= 0.3 is 0 Å². The molecule has 0 unspecified atom stereocenters. The number of rotatable bonds is 2. The molecule has 2 aromatic carbocycles. The Morgan fingerprint density at radius 1 is 1.15 bits per heavy atom. The van der Waals surface area contributed by atoms with Gasteiger partial charge in [-0.2, -0.15) is 0 Å². The molecule has 1 N–H and O–H groups in total. The monoisotopic (exact) mass is 330 g/mol. The molecule has 1 amide bonds. The Morgan fingerprint density at radius 2 is 1.95 bits per heavy atom. The first-order valence-corrected chi connectivity index (χ1v) is 6.89. The molecule has 1 heterocycles. The minimum atomic E-state index is -0.0601. The number of carbonyl (C=O) groups is 2. The maximum atomic E-state index is 11.8. The summed E-state index contributed by atoms with van der Waals surface area (Å²) in [7, 11) is 0. The summed E-state index contributed by atoms with van der Waals surface area (Å²) in [6.45, 7) is 0.246. The van der Waals surface area contributed by atoms with Gasteiger partial charge in [0, 0.05) is 10.0 Å². The highest BCUT2D eigenvalue weighted by molar-refractivity contribution is 9.10. The lowest BCUT2D eigenvalue weighted by Crippen LogP contribution is -2.35. The lowest BCUT2D eigenvalue weighted by atomic mass is 10.1. The smallest absolute Gasteiger partial charge is 0.244 e. The van der Waals surface area contributed by atoms with Gasteiger partial charge in [-0.1, -0.05) is 12.1 Å². The van der Waals surface area contributed by atoms with E-state index in [9.17, 15) is 9.59 Å². The number of carbonyl (C=O) groups excluding carboxylic acids is 2. The van der Waals surface area contributed by atoms with Gasteiger partial charge in [-0.15, -0.1) is 0 Å². The van der Waals surface area contributed by atoms with Gasteiger partial charge in [0.05, 0.1) is 17.1 Å². The van der Waals surface area contributed by atoms with Crippen molar-refractivity contribution in [2.45, 2.75) is 0 Å². The Hall–Kier alpha value is -2.14. The maximum absolute atomic E-state index is 11.8. The van der Waals surface area contributed by atoms with E-state index in [4.69, 9.17) is 0 Å². The van der Waals surface area contributed by atoms with Crippen LogP contribution in [0.15, 0.2) is 46.9 Å². The van der Waals surface area contributed by atoms with Crippen molar-refractivity contribution < 1.29 is 9.59 Å². The van der Waals surface area contributed by atoms with Gasteiger partial charge in [-0.05, 0) is 46.3 Å². The summed E-state index contributed by atoms with van der Waals surface area (Å²) in [6, 6.07) is 13.0. The fourth-order valence-electron chi connectivity index (χ4n) is 2.26. The molecule has 4 nitrogen and oxygen atoms in total. The van der Waals surface area contributed by atoms with Crippen LogP contribution in [-0.4, -0.2) is 18.7 Å². The SMILES string of the molecule is O=Cc1ccc(N2CC(=O)Nc3ccccc32)c(Br)c1. The molecule has 0 aromatic heterocycles. The third-order valence-electron chi connectivity index (χ3n) is 3.17. The number of halogens is 1. The maximum Gasteiger partial charge on any atom is 0.244 e. The Kier molecular flexibility index (Phi) is 3.28. The van der Waals surface area contributed by atoms with E-state index in [1.807, 2.05) is 35.2 Å². The average Bonchev–Trinajstić information content (AvgIpc) is 2.46. The lowest BCUT2D eigenvalue weighted by molar-refractivity contribution is -0.115. The molecule has 0 bridgehead atoms. The normalized spacial score (nSPS) is 13.7. The predicted molar refractivity (Wildman–Crippen MR) is 81.6 cm³/mol. The number of aldehydes is 1. The number of nitrogens with one attached hydrogen (secondary N) is 1. The van der Waals surface area contributed by atoms with E-state index in [1.54, 1.807) is 12.1 Å². The van der Waals surface area contributed by atoms with Crippen LogP contribution in [0.5, 0.6) is 0 Å². The number of hydrogen-bond acceptors (Lipinski definition) is 3. The summed E-state index contributed by atoms with van der Waals surface area (Å²) in [6.07, 6.45) is 0.797. The fraction of sp³-hybridized carbons (Fsp3) is 0.0667. The van der Waals surface area contributed by atoms with E-state index in [-0.39, 0.29) is 12.5 Å². The summed E-state index contributed by atoms with van der Waals surface area (Å²) in [5, 5.41) is 2.85. The third-order valence-corrected chi connectivity index (χ3v) is 3.80. The van der Waals surface area contributed by atoms with Gasteiger partial charge in [0.15, 0.2) is 0 Å². The summed E-state index contributed by atoms with van der Waals surface area (Å²) in [5.41, 5.74) is 3.18. The zero-order valence-electron chi connectivity index (χ0n) is 10.5. The Labute approximate surface area is 124 Å². The van der Waals surface area contributed by atoms with Crippen LogP contribution in [0.4, 0.5) is 17.1 Å². The zero-order valence-corrected chi connectivity index (χ0v) is 12.1. The second-order valence-corrected chi connectivity index (χ2v) is 5.33. The molecule has 20 heavy (non-hydrogen) atoms. The molecule has 0 spiro atoms. The Balaban J connectivity index is 2.10. The summed E-state index contributed by atoms with van der Waals surface area (Å²) < 4.78 is 0.784. The predicted octanol–water partition coefficient (Wildman–Crippen LogP) is 3.35. The number of para-hydroxylation sites is 2. The molecule has 3 rings (SSSR count). The summed E-state index contributed by atoms with van der Waals surface area (Å²) in [4.78, 5) is 24.5. The van der Waals surface area contributed by atoms with Crippen LogP contribution in [0.2, 0.25) is 0 Å². The molecular formula is C15H11BrN2O2. The molecule has 0 atom stereocenters. The van der Waals surface area contributed by atoms with Crippen LogP contribution in [0.1, 0.15) is 10.4 Å². The van der Waals surface area contributed by atoms with E-state index in [2.05, 4.69) is 21.2 Å². The number of anilines is 3. The molecule has 5 heteroatoms. The van der Waals surface area contributed by atoms with Gasteiger partial charge in [-0.25, -0.2) is 0 Å². The highest BCUT2D eigenvalue weighted by Crippen LogP contribution is 2.38. The van der Waals surface area contributed by atoms with Crippen molar-refractivity contribution in [3.63, 3.8) is 0 Å². The summed E-state index contributed by atoms with van der Waals surface area (Å²) in [5.74, 6) is -0.0601. The number of nitrogens with zero attached hydrogens (tertiary/aromatic N) is 1. The molecular weight excluding hydrogens is 320 g/mol. The number of benzene rings is 2. The molecule has 0 fully saturated rings. The topological polar surface area (TPSA) is 49.4 Å². The van der Waals surface area contributed by atoms with Crippen LogP contribution in [-0.2, 0) is 4.79 Å². The molecule has 1 aliphatic rings. The minimum Gasteiger partial charge on any atom is -0.329 e. The van der Waals surface area contributed by atoms with Crippen molar-refractivity contribution >= 4 is 45.2 Å². The average molecular weight is 331 g/mol. The van der Waals surface area contributed by atoms with Crippen LogP contribution in [0.3, 0.4) is 0 Å². The molecule has 1 aliphatic heterocycles. The van der Waals surface area contributed by atoms with Crippen LogP contribution in [0.25, 0.3) is 0 Å². The van der Waals surface area contributed by atoms with E-state index in [1.165, 1.54) is 0 Å². The number of fused-ring (bicyclic) bond motifs is 1. The number of hydrogen-bond donors (Lipinski definition) is 1.